The van der Waals surface area contributed by atoms with Crippen LogP contribution >= 0.6 is 23.2 Å². The number of allylic oxidation sites excluding steroid dienone is 1. The molecule has 8 heteroatoms. The highest BCUT2D eigenvalue weighted by molar-refractivity contribution is 7.84. The number of halogens is 2. The van der Waals surface area contributed by atoms with Gasteiger partial charge in [-0.2, -0.15) is 5.26 Å². The minimum Gasteiger partial charge on any atom is -0.341 e. The molecule has 0 radical (unpaired) electrons. The molecule has 0 N–H and O–H groups in total. The first kappa shape index (κ1) is 33.9. The Labute approximate surface area is 284 Å². The number of carbonyl (C=O) groups is 1. The van der Waals surface area contributed by atoms with Gasteiger partial charge in [0, 0.05) is 36.2 Å². The Hall–Kier alpha value is -3.47. The summed E-state index contributed by atoms with van der Waals surface area (Å²) in [4.78, 5) is 19.5. The molecule has 5 nitrogen and oxygen atoms in total. The van der Waals surface area contributed by atoms with E-state index in [2.05, 4.69) is 17.0 Å². The molecule has 0 bridgehead atoms. The van der Waals surface area contributed by atoms with Gasteiger partial charge in [0.05, 0.1) is 38.0 Å². The first-order valence-corrected chi connectivity index (χ1v) is 18.0. The van der Waals surface area contributed by atoms with Crippen molar-refractivity contribution in [2.75, 3.05) is 39.5 Å². The van der Waals surface area contributed by atoms with Crippen LogP contribution in [0.25, 0.3) is 16.8 Å². The topological polar surface area (TPSA) is 64.4 Å². The maximum Gasteiger partial charge on any atom is 0.254 e. The molecule has 1 amide bonds. The Morgan fingerprint density at radius 2 is 1.78 bits per heavy atom. The Morgan fingerprint density at radius 3 is 2.48 bits per heavy atom. The minimum absolute atomic E-state index is 0.0141. The van der Waals surface area contributed by atoms with Gasteiger partial charge in [-0.3, -0.25) is 9.00 Å². The van der Waals surface area contributed by atoms with Crippen molar-refractivity contribution >= 4 is 56.8 Å². The first-order valence-electron chi connectivity index (χ1n) is 15.7. The fourth-order valence-electron chi connectivity index (χ4n) is 6.65. The molecular formula is C38H39Cl2N3O2S. The molecule has 1 fully saturated rings. The smallest absolute Gasteiger partial charge is 0.254 e. The molecular weight excluding hydrogens is 633 g/mol. The average Bonchev–Trinajstić information content (AvgIpc) is 3.07. The zero-order valence-electron chi connectivity index (χ0n) is 26.5. The molecule has 1 heterocycles. The van der Waals surface area contributed by atoms with Crippen LogP contribution in [0, 0.1) is 11.3 Å². The van der Waals surface area contributed by atoms with E-state index in [0.717, 1.165) is 60.1 Å². The Bertz CT molecular complexity index is 1820. The molecule has 0 aromatic heterocycles. The van der Waals surface area contributed by atoms with Crippen LogP contribution in [0.1, 0.15) is 70.6 Å². The fourth-order valence-corrected chi connectivity index (χ4v) is 7.79. The first-order chi connectivity index (χ1) is 22.2. The van der Waals surface area contributed by atoms with Gasteiger partial charge in [-0.15, -0.1) is 0 Å². The van der Waals surface area contributed by atoms with E-state index in [4.69, 9.17) is 23.2 Å². The number of nitrogens with zero attached hydrogens (tertiary/aromatic N) is 3. The Balaban J connectivity index is 1.36. The van der Waals surface area contributed by atoms with Crippen molar-refractivity contribution in [2.24, 2.45) is 0 Å². The average molecular weight is 673 g/mol. The highest BCUT2D eigenvalue weighted by Crippen LogP contribution is 2.34. The lowest BCUT2D eigenvalue weighted by Crippen LogP contribution is -2.36. The van der Waals surface area contributed by atoms with E-state index in [1.54, 1.807) is 11.2 Å². The minimum atomic E-state index is -1.01. The zero-order chi connectivity index (χ0) is 32.8. The van der Waals surface area contributed by atoms with E-state index < -0.39 is 10.8 Å². The lowest BCUT2D eigenvalue weighted by atomic mass is 9.88. The Kier molecular flexibility index (Phi) is 11.4. The van der Waals surface area contributed by atoms with Gasteiger partial charge in [0.1, 0.15) is 0 Å². The van der Waals surface area contributed by atoms with E-state index in [1.807, 2.05) is 92.9 Å². The van der Waals surface area contributed by atoms with Crippen LogP contribution < -0.4 is 0 Å². The third-order valence-electron chi connectivity index (χ3n) is 9.06. The van der Waals surface area contributed by atoms with Gasteiger partial charge in [-0.1, -0.05) is 83.9 Å². The summed E-state index contributed by atoms with van der Waals surface area (Å²) < 4.78 is 12.3. The summed E-state index contributed by atoms with van der Waals surface area (Å²) in [7, 11) is 0.826. The molecule has 4 aromatic carbocycles. The van der Waals surface area contributed by atoms with Gasteiger partial charge in [-0.05, 0) is 97.9 Å². The van der Waals surface area contributed by atoms with Crippen molar-refractivity contribution in [3.8, 4) is 6.07 Å². The number of hydrogen-bond acceptors (Lipinski definition) is 4. The molecule has 4 aromatic rings. The number of likely N-dealkylation sites (N-methyl/N-ethyl adjacent to an activating group) is 1. The molecule has 0 saturated carbocycles. The van der Waals surface area contributed by atoms with Crippen molar-refractivity contribution in [1.29, 1.82) is 5.26 Å². The summed E-state index contributed by atoms with van der Waals surface area (Å²) in [6, 6.07) is 25.7. The summed E-state index contributed by atoms with van der Waals surface area (Å²) in [6.45, 7) is 5.15. The van der Waals surface area contributed by atoms with Crippen molar-refractivity contribution in [1.82, 2.24) is 9.80 Å². The summed E-state index contributed by atoms with van der Waals surface area (Å²) in [6.07, 6.45) is 8.33. The van der Waals surface area contributed by atoms with Crippen LogP contribution in [-0.2, 0) is 10.8 Å². The normalized spacial score (nSPS) is 15.6. The number of hydrogen-bond donors (Lipinski definition) is 0. The van der Waals surface area contributed by atoms with Crippen molar-refractivity contribution in [3.63, 3.8) is 0 Å². The van der Waals surface area contributed by atoms with Gasteiger partial charge in [0.15, 0.2) is 0 Å². The number of piperidine rings is 1. The lowest BCUT2D eigenvalue weighted by molar-refractivity contribution is 0.0783. The number of likely N-dealkylation sites (tertiary alicyclic amines) is 1. The summed E-state index contributed by atoms with van der Waals surface area (Å²) in [5.41, 5.74) is 3.90. The molecule has 238 valence electrons. The van der Waals surface area contributed by atoms with Crippen LogP contribution in [0.2, 0.25) is 10.0 Å². The second-order valence-corrected chi connectivity index (χ2v) is 14.2. The van der Waals surface area contributed by atoms with Crippen LogP contribution in [0.5, 0.6) is 0 Å². The summed E-state index contributed by atoms with van der Waals surface area (Å²) in [5.74, 6) is 0.288. The van der Waals surface area contributed by atoms with Crippen LogP contribution in [0.4, 0.5) is 0 Å². The van der Waals surface area contributed by atoms with E-state index in [1.165, 1.54) is 5.56 Å². The number of nitriles is 1. The molecule has 1 aliphatic heterocycles. The maximum absolute atomic E-state index is 14.3. The second kappa shape index (κ2) is 15.4. The predicted molar refractivity (Wildman–Crippen MR) is 191 cm³/mol. The molecule has 2 atom stereocenters. The van der Waals surface area contributed by atoms with Crippen molar-refractivity contribution in [3.05, 3.63) is 117 Å². The van der Waals surface area contributed by atoms with Gasteiger partial charge in [0.2, 0.25) is 0 Å². The number of carbonyl (C=O) groups excluding carboxylic acids is 1. The second-order valence-electron chi connectivity index (χ2n) is 12.0. The SMILES string of the molecule is CC=Cc1c(C#N)cc2ccccc2c1C(=O)N(C)C[C@@H](CCN1CCC(c2ccccc2[S@](C)=O)CC1)c1ccc(Cl)c(Cl)c1. The fraction of sp³-hybridized carbons (Fsp3) is 0.316. The van der Waals surface area contributed by atoms with E-state index in [9.17, 15) is 14.3 Å². The predicted octanol–water partition coefficient (Wildman–Crippen LogP) is 8.91. The highest BCUT2D eigenvalue weighted by atomic mass is 35.5. The Morgan fingerprint density at radius 1 is 1.07 bits per heavy atom. The number of amides is 1. The molecule has 5 rings (SSSR count). The van der Waals surface area contributed by atoms with Gasteiger partial charge in [-0.25, -0.2) is 0 Å². The monoisotopic (exact) mass is 671 g/mol. The molecule has 1 saturated heterocycles. The quantitative estimate of drug-likeness (QED) is 0.169. The third-order valence-corrected chi connectivity index (χ3v) is 10.8. The van der Waals surface area contributed by atoms with Crippen LogP contribution in [-0.4, -0.2) is 59.4 Å². The van der Waals surface area contributed by atoms with Crippen molar-refractivity contribution in [2.45, 2.75) is 42.9 Å². The zero-order valence-corrected chi connectivity index (χ0v) is 28.8. The highest BCUT2D eigenvalue weighted by Gasteiger charge is 2.27. The van der Waals surface area contributed by atoms with Gasteiger partial charge >= 0.3 is 0 Å². The molecule has 0 unspecified atom stereocenters. The molecule has 0 spiro atoms. The third kappa shape index (κ3) is 7.56. The number of benzene rings is 4. The molecule has 46 heavy (non-hydrogen) atoms. The van der Waals surface area contributed by atoms with Crippen LogP contribution in [0.15, 0.2) is 83.8 Å². The molecule has 0 aliphatic carbocycles. The largest absolute Gasteiger partial charge is 0.341 e. The van der Waals surface area contributed by atoms with E-state index in [-0.39, 0.29) is 11.8 Å². The number of rotatable bonds is 10. The number of fused-ring (bicyclic) bond motifs is 1. The van der Waals surface area contributed by atoms with E-state index >= 15 is 0 Å². The molecule has 1 aliphatic rings. The standard InChI is InChI=1S/C38H39Cl2N3O2S/c1-4-9-32-30(24-41)22-28-10-5-6-12-33(28)37(32)38(44)42(2)25-29(27-14-15-34(39)35(40)23-27)18-21-43-19-16-26(17-20-43)31-11-7-8-13-36(31)46(3)45/h4-15,22-23,26,29H,16-21,25H2,1-3H3/t29-,46+/m1/s1. The summed E-state index contributed by atoms with van der Waals surface area (Å²) in [5, 5.41) is 12.6. The lowest BCUT2D eigenvalue weighted by Gasteiger charge is -2.34. The van der Waals surface area contributed by atoms with E-state index in [0.29, 0.717) is 39.2 Å². The van der Waals surface area contributed by atoms with Crippen LogP contribution in [0.3, 0.4) is 0 Å². The van der Waals surface area contributed by atoms with Crippen molar-refractivity contribution < 1.29 is 9.00 Å². The summed E-state index contributed by atoms with van der Waals surface area (Å²) >= 11 is 12.8. The maximum atomic E-state index is 14.3. The van der Waals surface area contributed by atoms with Gasteiger partial charge < -0.3 is 9.80 Å². The van der Waals surface area contributed by atoms with Gasteiger partial charge in [0.25, 0.3) is 5.91 Å².